The third-order valence-corrected chi connectivity index (χ3v) is 7.88. The third-order valence-electron chi connectivity index (χ3n) is 6.62. The highest BCUT2D eigenvalue weighted by atomic mass is 32.1. The van der Waals surface area contributed by atoms with E-state index in [4.69, 9.17) is 9.47 Å². The van der Waals surface area contributed by atoms with Crippen molar-refractivity contribution in [1.82, 2.24) is 4.98 Å². The first-order valence-corrected chi connectivity index (χ1v) is 13.9. The van der Waals surface area contributed by atoms with Crippen LogP contribution in [0.3, 0.4) is 0 Å². The lowest BCUT2D eigenvalue weighted by Crippen LogP contribution is -2.29. The number of carbonyl (C=O) groups excluding carboxylic acids is 3. The van der Waals surface area contributed by atoms with Crippen molar-refractivity contribution in [3.63, 3.8) is 0 Å². The zero-order valence-electron chi connectivity index (χ0n) is 22.8. The van der Waals surface area contributed by atoms with E-state index in [1.54, 1.807) is 55.5 Å². The number of aromatic nitrogens is 1. The maximum Gasteiger partial charge on any atom is 0.301 e. The quantitative estimate of drug-likeness (QED) is 0.110. The minimum Gasteiger partial charge on any atom is -0.507 e. The van der Waals surface area contributed by atoms with Crippen molar-refractivity contribution in [2.75, 3.05) is 11.5 Å². The molecule has 0 spiro atoms. The van der Waals surface area contributed by atoms with Crippen LogP contribution in [0.2, 0.25) is 0 Å². The molecule has 208 valence electrons. The fraction of sp³-hybridized carbons (Fsp3) is 0.188. The minimum atomic E-state index is -1.03. The second-order valence-electron chi connectivity index (χ2n) is 9.42. The monoisotopic (exact) mass is 568 g/mol. The van der Waals surface area contributed by atoms with E-state index in [2.05, 4.69) is 4.98 Å². The Morgan fingerprint density at radius 3 is 2.29 bits per heavy atom. The zero-order valence-corrected chi connectivity index (χ0v) is 23.6. The topological polar surface area (TPSA) is 106 Å². The molecule has 1 fully saturated rings. The van der Waals surface area contributed by atoms with Gasteiger partial charge in [-0.2, -0.15) is 0 Å². The first kappa shape index (κ1) is 27.8. The SMILES string of the molecule is CCOc1cc(C2/C(=C(\O)c3ccccc3)C(=O)C(=O)N2c2nc(C)c(C(C)=O)s2)ccc1OCc1ccccc1. The largest absolute Gasteiger partial charge is 0.507 e. The molecule has 2 heterocycles. The van der Waals surface area contributed by atoms with Gasteiger partial charge in [0.15, 0.2) is 22.4 Å². The molecule has 1 aliphatic rings. The first-order valence-electron chi connectivity index (χ1n) is 13.1. The lowest BCUT2D eigenvalue weighted by Gasteiger charge is -2.24. The van der Waals surface area contributed by atoms with Crippen molar-refractivity contribution >= 4 is 39.7 Å². The summed E-state index contributed by atoms with van der Waals surface area (Å²) >= 11 is 1.03. The highest BCUT2D eigenvalue weighted by molar-refractivity contribution is 7.18. The Morgan fingerprint density at radius 2 is 1.66 bits per heavy atom. The van der Waals surface area contributed by atoms with Crippen LogP contribution in [-0.2, 0) is 16.2 Å². The summed E-state index contributed by atoms with van der Waals surface area (Å²) in [7, 11) is 0. The van der Waals surface area contributed by atoms with Crippen LogP contribution in [0.25, 0.3) is 5.76 Å². The van der Waals surface area contributed by atoms with Gasteiger partial charge in [0.25, 0.3) is 5.78 Å². The van der Waals surface area contributed by atoms with Crippen LogP contribution in [-0.4, -0.2) is 34.2 Å². The van der Waals surface area contributed by atoms with E-state index in [0.717, 1.165) is 16.9 Å². The number of aliphatic hydroxyl groups excluding tert-OH is 1. The van der Waals surface area contributed by atoms with Crippen LogP contribution < -0.4 is 14.4 Å². The van der Waals surface area contributed by atoms with Gasteiger partial charge in [0.1, 0.15) is 12.4 Å². The minimum absolute atomic E-state index is 0.0844. The van der Waals surface area contributed by atoms with Crippen molar-refractivity contribution in [2.45, 2.75) is 33.4 Å². The normalized spacial score (nSPS) is 16.2. The lowest BCUT2D eigenvalue weighted by molar-refractivity contribution is -0.132. The molecule has 3 aromatic carbocycles. The van der Waals surface area contributed by atoms with Crippen molar-refractivity contribution in [2.24, 2.45) is 0 Å². The van der Waals surface area contributed by atoms with E-state index < -0.39 is 17.7 Å². The maximum atomic E-state index is 13.5. The van der Waals surface area contributed by atoms with Gasteiger partial charge in [-0.15, -0.1) is 0 Å². The molecule has 1 amide bonds. The molecule has 8 nitrogen and oxygen atoms in total. The number of nitrogens with zero attached hydrogens (tertiary/aromatic N) is 2. The Labute approximate surface area is 241 Å². The number of hydrogen-bond donors (Lipinski definition) is 1. The number of benzene rings is 3. The van der Waals surface area contributed by atoms with Crippen molar-refractivity contribution < 1.29 is 29.0 Å². The van der Waals surface area contributed by atoms with Gasteiger partial charge >= 0.3 is 5.91 Å². The van der Waals surface area contributed by atoms with Gasteiger partial charge in [0.2, 0.25) is 0 Å². The zero-order chi connectivity index (χ0) is 29.1. The Morgan fingerprint density at radius 1 is 0.976 bits per heavy atom. The van der Waals surface area contributed by atoms with Crippen molar-refractivity contribution in [1.29, 1.82) is 0 Å². The highest BCUT2D eigenvalue weighted by Gasteiger charge is 2.48. The predicted octanol–water partition coefficient (Wildman–Crippen LogP) is 6.26. The Kier molecular flexibility index (Phi) is 7.98. The summed E-state index contributed by atoms with van der Waals surface area (Å²) < 4.78 is 12.0. The van der Waals surface area contributed by atoms with Gasteiger partial charge in [-0.1, -0.05) is 78.1 Å². The smallest absolute Gasteiger partial charge is 0.301 e. The number of hydrogen-bond acceptors (Lipinski definition) is 8. The summed E-state index contributed by atoms with van der Waals surface area (Å²) in [6, 6.07) is 22.4. The van der Waals surface area contributed by atoms with Crippen LogP contribution in [0.5, 0.6) is 11.5 Å². The summed E-state index contributed by atoms with van der Waals surface area (Å²) in [5.41, 5.74) is 2.26. The van der Waals surface area contributed by atoms with Crippen molar-refractivity contribution in [3.8, 4) is 11.5 Å². The molecule has 1 aromatic heterocycles. The maximum absolute atomic E-state index is 13.5. The average molecular weight is 569 g/mol. The molecule has 0 aliphatic carbocycles. The number of ether oxygens (including phenoxy) is 2. The fourth-order valence-corrected chi connectivity index (χ4v) is 5.72. The number of rotatable bonds is 9. The van der Waals surface area contributed by atoms with Gasteiger partial charge in [-0.3, -0.25) is 19.3 Å². The summed E-state index contributed by atoms with van der Waals surface area (Å²) in [5.74, 6) is -1.29. The number of carbonyl (C=O) groups is 3. The summed E-state index contributed by atoms with van der Waals surface area (Å²) in [5, 5.41) is 11.5. The van der Waals surface area contributed by atoms with E-state index in [0.29, 0.717) is 46.4 Å². The molecule has 1 N–H and O–H groups in total. The number of anilines is 1. The molecule has 1 aliphatic heterocycles. The molecule has 0 radical (unpaired) electrons. The first-order chi connectivity index (χ1) is 19.8. The van der Waals surface area contributed by atoms with Gasteiger partial charge in [0.05, 0.1) is 28.8 Å². The van der Waals surface area contributed by atoms with Crippen LogP contribution in [0.1, 0.15) is 51.9 Å². The van der Waals surface area contributed by atoms with Crippen molar-refractivity contribution in [3.05, 3.63) is 112 Å². The number of aliphatic hydroxyl groups is 1. The second kappa shape index (κ2) is 11.8. The number of Topliss-reactive ketones (excluding diaryl/α,β-unsaturated/α-hetero) is 2. The molecule has 5 rings (SSSR count). The Bertz CT molecular complexity index is 1650. The molecule has 0 saturated carbocycles. The van der Waals surface area contributed by atoms with E-state index >= 15 is 0 Å². The number of ketones is 2. The molecular formula is C32H28N2O6S. The molecule has 0 bridgehead atoms. The van der Waals surface area contributed by atoms with Gasteiger partial charge < -0.3 is 14.6 Å². The van der Waals surface area contributed by atoms with E-state index in [1.807, 2.05) is 37.3 Å². The van der Waals surface area contributed by atoms with E-state index in [1.165, 1.54) is 11.8 Å². The molecule has 9 heteroatoms. The van der Waals surface area contributed by atoms with E-state index in [-0.39, 0.29) is 22.2 Å². The van der Waals surface area contributed by atoms with Crippen LogP contribution in [0, 0.1) is 6.92 Å². The fourth-order valence-electron chi connectivity index (χ4n) is 4.73. The number of amides is 1. The standard InChI is InChI=1S/C32H28N2O6S/c1-4-39-25-17-23(15-16-24(25)40-18-21-11-7-5-8-12-21)27-26(28(36)22-13-9-6-10-14-22)29(37)31(38)34(27)32-33-19(2)30(41-32)20(3)35/h5-17,27,36H,4,18H2,1-3H3/b28-26+. The summed E-state index contributed by atoms with van der Waals surface area (Å²) in [4.78, 5) is 45.3. The third kappa shape index (κ3) is 5.49. The molecule has 4 aromatic rings. The van der Waals surface area contributed by atoms with Crippen LogP contribution in [0.15, 0.2) is 84.4 Å². The van der Waals surface area contributed by atoms with Gasteiger partial charge in [-0.05, 0) is 37.1 Å². The summed E-state index contributed by atoms with van der Waals surface area (Å²) in [6.45, 7) is 5.62. The average Bonchev–Trinajstić information content (AvgIpc) is 3.49. The van der Waals surface area contributed by atoms with E-state index in [9.17, 15) is 19.5 Å². The lowest BCUT2D eigenvalue weighted by atomic mass is 9.95. The van der Waals surface area contributed by atoms with Gasteiger partial charge in [0, 0.05) is 12.5 Å². The van der Waals surface area contributed by atoms with Crippen LogP contribution in [0.4, 0.5) is 5.13 Å². The molecule has 41 heavy (non-hydrogen) atoms. The predicted molar refractivity (Wildman–Crippen MR) is 156 cm³/mol. The van der Waals surface area contributed by atoms with Crippen LogP contribution >= 0.6 is 11.3 Å². The molecule has 1 unspecified atom stereocenters. The molecular weight excluding hydrogens is 540 g/mol. The number of thiazole rings is 1. The molecule has 1 saturated heterocycles. The Balaban J connectivity index is 1.64. The molecule has 1 atom stereocenters. The second-order valence-corrected chi connectivity index (χ2v) is 10.4. The summed E-state index contributed by atoms with van der Waals surface area (Å²) in [6.07, 6.45) is 0. The Hall–Kier alpha value is -4.76. The van der Waals surface area contributed by atoms with Gasteiger partial charge in [-0.25, -0.2) is 4.98 Å². The number of aryl methyl sites for hydroxylation is 1. The highest BCUT2D eigenvalue weighted by Crippen LogP contribution is 2.45.